The van der Waals surface area contributed by atoms with Crippen molar-refractivity contribution < 1.29 is 0 Å². The fourth-order valence-corrected chi connectivity index (χ4v) is 1.06. The zero-order valence-corrected chi connectivity index (χ0v) is 5.94. The minimum absolute atomic E-state index is 0.487. The van der Waals surface area contributed by atoms with Crippen LogP contribution in [0.25, 0.3) is 5.52 Å². The van der Waals surface area contributed by atoms with Crippen molar-refractivity contribution in [3.63, 3.8) is 0 Å². The molecule has 4 heteroatoms. The molecule has 2 aromatic rings. The molecule has 11 heavy (non-hydrogen) atoms. The lowest BCUT2D eigenvalue weighted by molar-refractivity contribution is 0.792. The molecule has 0 unspecified atom stereocenters. The first-order valence-electron chi connectivity index (χ1n) is 3.40. The van der Waals surface area contributed by atoms with Crippen molar-refractivity contribution in [2.75, 3.05) is 0 Å². The molecular weight excluding hydrogens is 140 g/mol. The summed E-state index contributed by atoms with van der Waals surface area (Å²) in [7, 11) is 0. The number of nitrogens with zero attached hydrogens (tertiary/aromatic N) is 3. The maximum atomic E-state index is 5.49. The number of nitrogens with two attached hydrogens (primary N) is 1. The molecule has 2 aromatic heterocycles. The van der Waals surface area contributed by atoms with E-state index in [-0.39, 0.29) is 0 Å². The van der Waals surface area contributed by atoms with Crippen LogP contribution in [0.1, 0.15) is 5.69 Å². The molecule has 0 fully saturated rings. The van der Waals surface area contributed by atoms with E-state index >= 15 is 0 Å². The van der Waals surface area contributed by atoms with Gasteiger partial charge in [-0.2, -0.15) is 0 Å². The van der Waals surface area contributed by atoms with Crippen molar-refractivity contribution in [3.8, 4) is 0 Å². The van der Waals surface area contributed by atoms with Crippen LogP contribution in [0.2, 0.25) is 0 Å². The van der Waals surface area contributed by atoms with Gasteiger partial charge in [-0.1, -0.05) is 11.3 Å². The molecule has 0 aliphatic carbocycles. The standard InChI is InChI=1S/C7H8N4/c8-4-6-2-1-3-7-5-9-10-11(6)7/h1-3,5H,4,8H2. The molecule has 0 saturated heterocycles. The Morgan fingerprint density at radius 1 is 1.45 bits per heavy atom. The van der Waals surface area contributed by atoms with Gasteiger partial charge in [-0.25, -0.2) is 4.52 Å². The lowest BCUT2D eigenvalue weighted by Crippen LogP contribution is -2.04. The Morgan fingerprint density at radius 3 is 3.18 bits per heavy atom. The van der Waals surface area contributed by atoms with Crippen LogP contribution < -0.4 is 5.73 Å². The molecule has 56 valence electrons. The number of aromatic nitrogens is 3. The van der Waals surface area contributed by atoms with Crippen LogP contribution in [0.4, 0.5) is 0 Å². The van der Waals surface area contributed by atoms with Gasteiger partial charge in [0.05, 0.1) is 17.4 Å². The van der Waals surface area contributed by atoms with Gasteiger partial charge in [-0.15, -0.1) is 5.10 Å². The van der Waals surface area contributed by atoms with Gasteiger partial charge in [-0.3, -0.25) is 0 Å². The highest BCUT2D eigenvalue weighted by molar-refractivity contribution is 5.43. The van der Waals surface area contributed by atoms with Gasteiger partial charge in [0.1, 0.15) is 0 Å². The van der Waals surface area contributed by atoms with Crippen molar-refractivity contribution >= 4 is 5.52 Å². The van der Waals surface area contributed by atoms with Gasteiger partial charge in [0.15, 0.2) is 0 Å². The average molecular weight is 148 g/mol. The second-order valence-electron chi connectivity index (χ2n) is 2.29. The summed E-state index contributed by atoms with van der Waals surface area (Å²) in [6, 6.07) is 5.82. The predicted molar refractivity (Wildman–Crippen MR) is 40.9 cm³/mol. The monoisotopic (exact) mass is 148 g/mol. The third-order valence-corrected chi connectivity index (χ3v) is 1.61. The molecule has 2 rings (SSSR count). The van der Waals surface area contributed by atoms with Gasteiger partial charge in [0, 0.05) is 6.54 Å². The largest absolute Gasteiger partial charge is 0.325 e. The highest BCUT2D eigenvalue weighted by atomic mass is 15.4. The van der Waals surface area contributed by atoms with Crippen molar-refractivity contribution in [1.82, 2.24) is 14.8 Å². The lowest BCUT2D eigenvalue weighted by atomic mass is 10.3. The Labute approximate surface area is 63.6 Å². The van der Waals surface area contributed by atoms with Crippen LogP contribution in [-0.2, 0) is 6.54 Å². The number of hydrogen-bond acceptors (Lipinski definition) is 3. The van der Waals surface area contributed by atoms with Crippen molar-refractivity contribution in [2.24, 2.45) is 5.73 Å². The summed E-state index contributed by atoms with van der Waals surface area (Å²) in [5, 5.41) is 7.64. The van der Waals surface area contributed by atoms with Gasteiger partial charge >= 0.3 is 0 Å². The van der Waals surface area contributed by atoms with Crippen LogP contribution >= 0.6 is 0 Å². The molecule has 0 aromatic carbocycles. The third kappa shape index (κ3) is 0.877. The highest BCUT2D eigenvalue weighted by Crippen LogP contribution is 2.02. The molecule has 0 radical (unpaired) electrons. The molecule has 0 aliphatic heterocycles. The average Bonchev–Trinajstić information content (AvgIpc) is 2.50. The van der Waals surface area contributed by atoms with E-state index in [4.69, 9.17) is 5.73 Å². The Hall–Kier alpha value is -1.42. The maximum Gasteiger partial charge on any atom is 0.0868 e. The quantitative estimate of drug-likeness (QED) is 0.628. The van der Waals surface area contributed by atoms with Crippen molar-refractivity contribution in [2.45, 2.75) is 6.54 Å². The minimum Gasteiger partial charge on any atom is -0.325 e. The van der Waals surface area contributed by atoms with Gasteiger partial charge < -0.3 is 5.73 Å². The first-order chi connectivity index (χ1) is 5.42. The molecule has 2 N–H and O–H groups in total. The van der Waals surface area contributed by atoms with Crippen LogP contribution in [0.15, 0.2) is 24.4 Å². The second-order valence-corrected chi connectivity index (χ2v) is 2.29. The summed E-state index contributed by atoms with van der Waals surface area (Å²) >= 11 is 0. The fraction of sp³-hybridized carbons (Fsp3) is 0.143. The SMILES string of the molecule is NCc1cccc2cnnn12. The number of fused-ring (bicyclic) bond motifs is 1. The summed E-state index contributed by atoms with van der Waals surface area (Å²) in [6.07, 6.45) is 1.71. The molecule has 4 nitrogen and oxygen atoms in total. The molecule has 2 heterocycles. The zero-order chi connectivity index (χ0) is 7.68. The number of rotatable bonds is 1. The first kappa shape index (κ1) is 6.30. The predicted octanol–water partition coefficient (Wildman–Crippen LogP) is 0.188. The molecule has 0 bridgehead atoms. The topological polar surface area (TPSA) is 56.2 Å². The smallest absolute Gasteiger partial charge is 0.0868 e. The Balaban J connectivity index is 2.79. The Kier molecular flexibility index (Phi) is 1.33. The maximum absolute atomic E-state index is 5.49. The Bertz CT molecular complexity index is 365. The molecule has 0 aliphatic rings. The first-order valence-corrected chi connectivity index (χ1v) is 3.40. The normalized spacial score (nSPS) is 10.6. The molecule has 0 saturated carbocycles. The molecule has 0 atom stereocenters. The van der Waals surface area contributed by atoms with Crippen LogP contribution in [0, 0.1) is 0 Å². The van der Waals surface area contributed by atoms with E-state index in [1.807, 2.05) is 18.2 Å². The summed E-state index contributed by atoms with van der Waals surface area (Å²) in [5.74, 6) is 0. The molecule has 0 spiro atoms. The van der Waals surface area contributed by atoms with E-state index in [1.165, 1.54) is 0 Å². The van der Waals surface area contributed by atoms with E-state index in [0.29, 0.717) is 6.54 Å². The summed E-state index contributed by atoms with van der Waals surface area (Å²) in [6.45, 7) is 0.487. The van der Waals surface area contributed by atoms with E-state index in [2.05, 4.69) is 10.3 Å². The van der Waals surface area contributed by atoms with Crippen LogP contribution in [-0.4, -0.2) is 14.8 Å². The van der Waals surface area contributed by atoms with Gasteiger partial charge in [0.2, 0.25) is 0 Å². The fourth-order valence-electron chi connectivity index (χ4n) is 1.06. The van der Waals surface area contributed by atoms with Gasteiger partial charge in [0.25, 0.3) is 0 Å². The van der Waals surface area contributed by atoms with Crippen LogP contribution in [0.5, 0.6) is 0 Å². The van der Waals surface area contributed by atoms with E-state index in [0.717, 1.165) is 11.2 Å². The van der Waals surface area contributed by atoms with Crippen LogP contribution in [0.3, 0.4) is 0 Å². The minimum atomic E-state index is 0.487. The Morgan fingerprint density at radius 2 is 2.36 bits per heavy atom. The summed E-state index contributed by atoms with van der Waals surface area (Å²) in [5.41, 5.74) is 7.44. The highest BCUT2D eigenvalue weighted by Gasteiger charge is 1.97. The number of hydrogen-bond donors (Lipinski definition) is 1. The second kappa shape index (κ2) is 2.32. The molecular formula is C7H8N4. The van der Waals surface area contributed by atoms with Crippen molar-refractivity contribution in [1.29, 1.82) is 0 Å². The zero-order valence-electron chi connectivity index (χ0n) is 5.94. The van der Waals surface area contributed by atoms with E-state index < -0.39 is 0 Å². The summed E-state index contributed by atoms with van der Waals surface area (Å²) in [4.78, 5) is 0. The number of pyridine rings is 1. The third-order valence-electron chi connectivity index (χ3n) is 1.61. The van der Waals surface area contributed by atoms with Crippen molar-refractivity contribution in [3.05, 3.63) is 30.1 Å². The molecule has 0 amide bonds. The van der Waals surface area contributed by atoms with Gasteiger partial charge in [-0.05, 0) is 12.1 Å². The lowest BCUT2D eigenvalue weighted by Gasteiger charge is -1.97. The van der Waals surface area contributed by atoms with E-state index in [1.54, 1.807) is 10.7 Å². The van der Waals surface area contributed by atoms with E-state index in [9.17, 15) is 0 Å². The summed E-state index contributed by atoms with van der Waals surface area (Å²) < 4.78 is 1.74.